The standard InChI is InChI=1S/C23H18N2O2S/c1-27-19-10-8-16(9-11-19)21-14-28-23(25-21)20(13-24)22(26)18-7-6-15-4-2-3-5-17(15)12-18/h2,4,6-12,14,20H,3,5H2,1H3. The van der Waals surface area contributed by atoms with Gasteiger partial charge in [-0.2, -0.15) is 5.26 Å². The highest BCUT2D eigenvalue weighted by Crippen LogP contribution is 2.30. The molecule has 1 heterocycles. The van der Waals surface area contributed by atoms with E-state index in [1.807, 2.05) is 41.8 Å². The fourth-order valence-electron chi connectivity index (χ4n) is 3.29. The Bertz CT molecular complexity index is 1090. The Balaban J connectivity index is 1.60. The summed E-state index contributed by atoms with van der Waals surface area (Å²) in [5.74, 6) is -0.323. The third-order valence-electron chi connectivity index (χ3n) is 4.85. The number of hydrogen-bond donors (Lipinski definition) is 0. The lowest BCUT2D eigenvalue weighted by Crippen LogP contribution is -2.12. The predicted molar refractivity (Wildman–Crippen MR) is 111 cm³/mol. The van der Waals surface area contributed by atoms with Crippen molar-refractivity contribution in [1.82, 2.24) is 4.98 Å². The van der Waals surface area contributed by atoms with Gasteiger partial charge in [0.1, 0.15) is 10.8 Å². The number of carbonyl (C=O) groups excluding carboxylic acids is 1. The number of thiazole rings is 1. The Morgan fingerprint density at radius 1 is 1.25 bits per heavy atom. The van der Waals surface area contributed by atoms with Crippen LogP contribution in [-0.2, 0) is 6.42 Å². The molecule has 4 rings (SSSR count). The van der Waals surface area contributed by atoms with Crippen LogP contribution in [0.1, 0.15) is 38.8 Å². The van der Waals surface area contributed by atoms with Gasteiger partial charge in [0.2, 0.25) is 0 Å². The summed E-state index contributed by atoms with van der Waals surface area (Å²) in [6.07, 6.45) is 6.11. The van der Waals surface area contributed by atoms with E-state index in [0.717, 1.165) is 41.0 Å². The molecule has 1 aliphatic carbocycles. The molecule has 0 N–H and O–H groups in total. The Kier molecular flexibility index (Phi) is 5.05. The fraction of sp³-hybridized carbons (Fsp3) is 0.174. The number of methoxy groups -OCH3 is 1. The molecule has 0 saturated carbocycles. The Hall–Kier alpha value is -3.23. The van der Waals surface area contributed by atoms with Gasteiger partial charge in [-0.15, -0.1) is 11.3 Å². The van der Waals surface area contributed by atoms with Gasteiger partial charge < -0.3 is 4.74 Å². The van der Waals surface area contributed by atoms with Gasteiger partial charge in [0, 0.05) is 16.5 Å². The molecule has 0 bridgehead atoms. The van der Waals surface area contributed by atoms with Gasteiger partial charge in [0.15, 0.2) is 11.7 Å². The highest BCUT2D eigenvalue weighted by Gasteiger charge is 2.26. The van der Waals surface area contributed by atoms with Gasteiger partial charge in [-0.05, 0) is 54.3 Å². The van der Waals surface area contributed by atoms with Crippen LogP contribution in [0.5, 0.6) is 5.75 Å². The minimum Gasteiger partial charge on any atom is -0.497 e. The first-order valence-electron chi connectivity index (χ1n) is 9.03. The third-order valence-corrected chi connectivity index (χ3v) is 5.76. The van der Waals surface area contributed by atoms with E-state index in [1.165, 1.54) is 11.3 Å². The zero-order valence-electron chi connectivity index (χ0n) is 15.4. The van der Waals surface area contributed by atoms with E-state index in [0.29, 0.717) is 10.6 Å². The maximum atomic E-state index is 13.0. The minimum atomic E-state index is -0.894. The van der Waals surface area contributed by atoms with Gasteiger partial charge in [0.25, 0.3) is 0 Å². The molecule has 1 aliphatic rings. The van der Waals surface area contributed by atoms with Crippen LogP contribution in [0.15, 0.2) is 53.9 Å². The van der Waals surface area contributed by atoms with Gasteiger partial charge in [-0.25, -0.2) is 4.98 Å². The number of nitrogens with zero attached hydrogens (tertiary/aromatic N) is 2. The van der Waals surface area contributed by atoms with Crippen LogP contribution >= 0.6 is 11.3 Å². The second kappa shape index (κ2) is 7.79. The van der Waals surface area contributed by atoms with Crippen molar-refractivity contribution in [2.24, 2.45) is 0 Å². The van der Waals surface area contributed by atoms with E-state index in [4.69, 9.17) is 4.74 Å². The van der Waals surface area contributed by atoms with Crippen molar-refractivity contribution in [2.75, 3.05) is 7.11 Å². The molecule has 0 saturated heterocycles. The van der Waals surface area contributed by atoms with E-state index >= 15 is 0 Å². The predicted octanol–water partition coefficient (Wildman–Crippen LogP) is 5.27. The van der Waals surface area contributed by atoms with E-state index in [2.05, 4.69) is 23.2 Å². The first kappa shape index (κ1) is 18.1. The quantitative estimate of drug-likeness (QED) is 0.561. The maximum absolute atomic E-state index is 13.0. The van der Waals surface area contributed by atoms with Gasteiger partial charge in [-0.3, -0.25) is 4.79 Å². The molecule has 1 atom stereocenters. The first-order chi connectivity index (χ1) is 13.7. The van der Waals surface area contributed by atoms with Gasteiger partial charge in [-0.1, -0.05) is 24.3 Å². The summed E-state index contributed by atoms with van der Waals surface area (Å²) in [4.78, 5) is 17.6. The molecule has 1 aromatic heterocycles. The van der Waals surface area contributed by atoms with E-state index < -0.39 is 5.92 Å². The average Bonchev–Trinajstić information content (AvgIpc) is 3.23. The zero-order valence-corrected chi connectivity index (χ0v) is 16.2. The number of fused-ring (bicyclic) bond motifs is 1. The van der Waals surface area contributed by atoms with Crippen LogP contribution in [0.3, 0.4) is 0 Å². The second-order valence-electron chi connectivity index (χ2n) is 6.58. The van der Waals surface area contributed by atoms with Crippen LogP contribution in [0.4, 0.5) is 0 Å². The number of nitriles is 1. The molecule has 3 aromatic rings. The van der Waals surface area contributed by atoms with Crippen LogP contribution < -0.4 is 4.74 Å². The maximum Gasteiger partial charge on any atom is 0.186 e. The Morgan fingerprint density at radius 3 is 2.82 bits per heavy atom. The molecular weight excluding hydrogens is 368 g/mol. The zero-order chi connectivity index (χ0) is 19.5. The third kappa shape index (κ3) is 3.47. The Morgan fingerprint density at radius 2 is 2.07 bits per heavy atom. The molecule has 5 heteroatoms. The molecule has 138 valence electrons. The summed E-state index contributed by atoms with van der Waals surface area (Å²) < 4.78 is 5.18. The van der Waals surface area contributed by atoms with Crippen molar-refractivity contribution < 1.29 is 9.53 Å². The van der Waals surface area contributed by atoms with Crippen molar-refractivity contribution in [3.05, 3.63) is 75.6 Å². The highest BCUT2D eigenvalue weighted by atomic mass is 32.1. The summed E-state index contributed by atoms with van der Waals surface area (Å²) >= 11 is 1.34. The lowest BCUT2D eigenvalue weighted by Gasteiger charge is -2.12. The molecular formula is C23H18N2O2S. The van der Waals surface area contributed by atoms with Crippen LogP contribution in [0, 0.1) is 11.3 Å². The summed E-state index contributed by atoms with van der Waals surface area (Å²) in [5.41, 5.74) is 4.55. The fourth-order valence-corrected chi connectivity index (χ4v) is 4.16. The summed E-state index contributed by atoms with van der Waals surface area (Å²) in [6.45, 7) is 0. The topological polar surface area (TPSA) is 63.0 Å². The molecule has 0 spiro atoms. The van der Waals surface area contributed by atoms with Crippen molar-refractivity contribution >= 4 is 23.2 Å². The van der Waals surface area contributed by atoms with Crippen molar-refractivity contribution in [3.8, 4) is 23.1 Å². The number of benzene rings is 2. The molecule has 0 aliphatic heterocycles. The lowest BCUT2D eigenvalue weighted by molar-refractivity contribution is 0.0978. The van der Waals surface area contributed by atoms with Gasteiger partial charge in [0.05, 0.1) is 18.9 Å². The number of ether oxygens (including phenoxy) is 1. The number of aryl methyl sites for hydroxylation is 1. The largest absolute Gasteiger partial charge is 0.497 e. The highest BCUT2D eigenvalue weighted by molar-refractivity contribution is 7.10. The summed E-state index contributed by atoms with van der Waals surface area (Å²) in [5, 5.41) is 12.1. The molecule has 2 aromatic carbocycles. The van der Waals surface area contributed by atoms with E-state index in [9.17, 15) is 10.1 Å². The lowest BCUT2D eigenvalue weighted by atomic mass is 9.91. The van der Waals surface area contributed by atoms with Crippen LogP contribution in [0.2, 0.25) is 0 Å². The number of rotatable bonds is 5. The van der Waals surface area contributed by atoms with E-state index in [-0.39, 0.29) is 5.78 Å². The number of carbonyl (C=O) groups is 1. The number of allylic oxidation sites excluding steroid dienone is 1. The van der Waals surface area contributed by atoms with E-state index in [1.54, 1.807) is 13.2 Å². The van der Waals surface area contributed by atoms with Crippen molar-refractivity contribution in [3.63, 3.8) is 0 Å². The second-order valence-corrected chi connectivity index (χ2v) is 7.47. The van der Waals surface area contributed by atoms with Crippen LogP contribution in [0.25, 0.3) is 17.3 Å². The SMILES string of the molecule is COc1ccc(-c2csc(C(C#N)C(=O)c3ccc4c(c3)CCC=C4)n2)cc1. The number of hydrogen-bond acceptors (Lipinski definition) is 5. The molecule has 0 fully saturated rings. The Labute approximate surface area is 167 Å². The number of aromatic nitrogens is 1. The molecule has 28 heavy (non-hydrogen) atoms. The van der Waals surface area contributed by atoms with Crippen molar-refractivity contribution in [1.29, 1.82) is 5.26 Å². The normalized spacial score (nSPS) is 13.4. The van der Waals surface area contributed by atoms with Crippen molar-refractivity contribution in [2.45, 2.75) is 18.8 Å². The monoisotopic (exact) mass is 386 g/mol. The first-order valence-corrected chi connectivity index (χ1v) is 9.90. The smallest absolute Gasteiger partial charge is 0.186 e. The number of ketones is 1. The number of Topliss-reactive ketones (excluding diaryl/α,β-unsaturated/α-hetero) is 1. The molecule has 0 radical (unpaired) electrons. The van der Waals surface area contributed by atoms with Crippen LogP contribution in [-0.4, -0.2) is 17.9 Å². The van der Waals surface area contributed by atoms with Gasteiger partial charge >= 0.3 is 0 Å². The summed E-state index contributed by atoms with van der Waals surface area (Å²) in [7, 11) is 1.62. The minimum absolute atomic E-state index is 0.199. The summed E-state index contributed by atoms with van der Waals surface area (Å²) in [6, 6.07) is 15.4. The molecule has 1 unspecified atom stereocenters. The molecule has 4 nitrogen and oxygen atoms in total. The average molecular weight is 386 g/mol. The molecule has 0 amide bonds.